The summed E-state index contributed by atoms with van der Waals surface area (Å²) >= 11 is 0. The minimum Gasteiger partial charge on any atom is -0.314 e. The Labute approximate surface area is 198 Å². The van der Waals surface area contributed by atoms with Gasteiger partial charge in [-0.15, -0.1) is 0 Å². The minimum absolute atomic E-state index is 1.17. The summed E-state index contributed by atoms with van der Waals surface area (Å²) in [6, 6.07) is 45.4. The van der Waals surface area contributed by atoms with Crippen LogP contribution in [-0.2, 0) is 0 Å². The average Bonchev–Trinajstić information content (AvgIpc) is 3.42. The molecule has 2 heteroatoms. The SMILES string of the molecule is c1ccc(-c2ccc(-n3c4ccccc4c4c3c(-c3ccccc3)n3ccccc43)cc2)cc1. The second-order valence-corrected chi connectivity index (χ2v) is 8.66. The summed E-state index contributed by atoms with van der Waals surface area (Å²) in [6.45, 7) is 0. The summed E-state index contributed by atoms with van der Waals surface area (Å²) in [5.41, 5.74) is 9.75. The van der Waals surface area contributed by atoms with Crippen molar-refractivity contribution < 1.29 is 0 Å². The molecule has 160 valence electrons. The Kier molecular flexibility index (Phi) is 4.18. The summed E-state index contributed by atoms with van der Waals surface area (Å²) in [6.07, 6.45) is 2.18. The summed E-state index contributed by atoms with van der Waals surface area (Å²) in [5.74, 6) is 0. The molecule has 0 saturated heterocycles. The molecule has 2 nitrogen and oxygen atoms in total. The van der Waals surface area contributed by atoms with Gasteiger partial charge in [-0.25, -0.2) is 0 Å². The number of aromatic nitrogens is 2. The number of rotatable bonds is 3. The molecule has 7 rings (SSSR count). The maximum absolute atomic E-state index is 2.43. The number of fused-ring (bicyclic) bond motifs is 5. The lowest BCUT2D eigenvalue weighted by atomic mass is 10.1. The number of pyridine rings is 1. The van der Waals surface area contributed by atoms with Crippen molar-refractivity contribution in [2.45, 2.75) is 0 Å². The molecule has 0 aliphatic rings. The van der Waals surface area contributed by atoms with Crippen molar-refractivity contribution >= 4 is 27.3 Å². The quantitative estimate of drug-likeness (QED) is 0.264. The average molecular weight is 435 g/mol. The van der Waals surface area contributed by atoms with E-state index in [1.54, 1.807) is 0 Å². The van der Waals surface area contributed by atoms with Crippen molar-refractivity contribution in [1.82, 2.24) is 8.97 Å². The zero-order valence-electron chi connectivity index (χ0n) is 18.6. The Bertz CT molecular complexity index is 1770. The van der Waals surface area contributed by atoms with E-state index in [-0.39, 0.29) is 0 Å². The van der Waals surface area contributed by atoms with Gasteiger partial charge in [-0.3, -0.25) is 0 Å². The van der Waals surface area contributed by atoms with Crippen molar-refractivity contribution in [2.75, 3.05) is 0 Å². The van der Waals surface area contributed by atoms with Crippen LogP contribution >= 0.6 is 0 Å². The highest BCUT2D eigenvalue weighted by Crippen LogP contribution is 2.42. The second kappa shape index (κ2) is 7.50. The van der Waals surface area contributed by atoms with E-state index in [2.05, 4.69) is 143 Å². The van der Waals surface area contributed by atoms with Gasteiger partial charge in [-0.05, 0) is 41.5 Å². The molecule has 0 fully saturated rings. The molecule has 3 heterocycles. The zero-order valence-corrected chi connectivity index (χ0v) is 18.6. The highest BCUT2D eigenvalue weighted by Gasteiger charge is 2.22. The van der Waals surface area contributed by atoms with Crippen LogP contribution in [0.4, 0.5) is 0 Å². The molecule has 0 aliphatic heterocycles. The van der Waals surface area contributed by atoms with Crippen molar-refractivity contribution in [3.63, 3.8) is 0 Å². The highest BCUT2D eigenvalue weighted by molar-refractivity contribution is 6.21. The first kappa shape index (κ1) is 19.0. The zero-order chi connectivity index (χ0) is 22.5. The largest absolute Gasteiger partial charge is 0.314 e. The maximum atomic E-state index is 2.43. The monoisotopic (exact) mass is 434 g/mol. The van der Waals surface area contributed by atoms with E-state index in [1.807, 2.05) is 0 Å². The molecule has 0 aliphatic carbocycles. The molecule has 0 bridgehead atoms. The fraction of sp³-hybridized carbons (Fsp3) is 0. The number of para-hydroxylation sites is 1. The van der Waals surface area contributed by atoms with Crippen LogP contribution in [-0.4, -0.2) is 8.97 Å². The van der Waals surface area contributed by atoms with Gasteiger partial charge in [0.15, 0.2) is 0 Å². The van der Waals surface area contributed by atoms with Gasteiger partial charge >= 0.3 is 0 Å². The normalized spacial score (nSPS) is 11.5. The van der Waals surface area contributed by atoms with Crippen molar-refractivity contribution in [3.8, 4) is 28.1 Å². The molecule has 7 aromatic rings. The molecule has 34 heavy (non-hydrogen) atoms. The molecule has 0 amide bonds. The summed E-state index contributed by atoms with van der Waals surface area (Å²) in [7, 11) is 0. The first-order valence-electron chi connectivity index (χ1n) is 11.6. The number of hydrogen-bond acceptors (Lipinski definition) is 0. The van der Waals surface area contributed by atoms with E-state index in [1.165, 1.54) is 55.4 Å². The van der Waals surface area contributed by atoms with Gasteiger partial charge in [0.2, 0.25) is 0 Å². The summed E-state index contributed by atoms with van der Waals surface area (Å²) in [5, 5.41) is 2.57. The third-order valence-electron chi connectivity index (χ3n) is 6.74. The van der Waals surface area contributed by atoms with Crippen LogP contribution in [0.3, 0.4) is 0 Å². The molecule has 0 N–H and O–H groups in total. The van der Waals surface area contributed by atoms with E-state index in [4.69, 9.17) is 0 Å². The molecule has 0 radical (unpaired) electrons. The summed E-state index contributed by atoms with van der Waals surface area (Å²) < 4.78 is 4.76. The Morgan fingerprint density at radius 2 is 1.03 bits per heavy atom. The molecule has 0 saturated carbocycles. The van der Waals surface area contributed by atoms with Crippen LogP contribution in [0.5, 0.6) is 0 Å². The van der Waals surface area contributed by atoms with Gasteiger partial charge in [0.05, 0.1) is 22.2 Å². The van der Waals surface area contributed by atoms with E-state index in [0.717, 1.165) is 0 Å². The van der Waals surface area contributed by atoms with Crippen LogP contribution in [0.1, 0.15) is 0 Å². The number of benzene rings is 4. The van der Waals surface area contributed by atoms with Crippen LogP contribution in [0, 0.1) is 0 Å². The molecular formula is C32H22N2. The Hall–Kier alpha value is -4.56. The van der Waals surface area contributed by atoms with Crippen molar-refractivity contribution in [2.24, 2.45) is 0 Å². The lowest BCUT2D eigenvalue weighted by Crippen LogP contribution is -1.96. The second-order valence-electron chi connectivity index (χ2n) is 8.66. The standard InChI is InChI=1S/C32H22N2/c1-3-11-23(12-4-1)24-18-20-26(21-19-24)34-28-16-8-7-15-27(28)30-29-17-9-10-22-33(29)31(32(30)34)25-13-5-2-6-14-25/h1-22H. The van der Waals surface area contributed by atoms with Gasteiger partial charge < -0.3 is 8.97 Å². The molecule has 0 spiro atoms. The predicted octanol–water partition coefficient (Wildman–Crippen LogP) is 8.37. The van der Waals surface area contributed by atoms with Gasteiger partial charge in [-0.2, -0.15) is 0 Å². The molecule has 4 aromatic carbocycles. The maximum Gasteiger partial charge on any atom is 0.0809 e. The number of hydrogen-bond donors (Lipinski definition) is 0. The van der Waals surface area contributed by atoms with Crippen molar-refractivity contribution in [1.29, 1.82) is 0 Å². The van der Waals surface area contributed by atoms with Crippen LogP contribution < -0.4 is 0 Å². The Morgan fingerprint density at radius 1 is 0.441 bits per heavy atom. The van der Waals surface area contributed by atoms with E-state index < -0.39 is 0 Å². The highest BCUT2D eigenvalue weighted by atomic mass is 15.0. The minimum atomic E-state index is 1.17. The molecule has 3 aromatic heterocycles. The first-order valence-corrected chi connectivity index (χ1v) is 11.6. The lowest BCUT2D eigenvalue weighted by Gasteiger charge is -2.12. The van der Waals surface area contributed by atoms with Gasteiger partial charge in [0.25, 0.3) is 0 Å². The fourth-order valence-electron chi connectivity index (χ4n) is 5.25. The van der Waals surface area contributed by atoms with Gasteiger partial charge in [0, 0.05) is 28.2 Å². The van der Waals surface area contributed by atoms with Gasteiger partial charge in [0.1, 0.15) is 0 Å². The van der Waals surface area contributed by atoms with Gasteiger partial charge in [-0.1, -0.05) is 97.1 Å². The molecule has 0 atom stereocenters. The Balaban J connectivity index is 1.59. The third-order valence-corrected chi connectivity index (χ3v) is 6.74. The Morgan fingerprint density at radius 3 is 1.79 bits per heavy atom. The van der Waals surface area contributed by atoms with E-state index >= 15 is 0 Å². The van der Waals surface area contributed by atoms with Crippen LogP contribution in [0.15, 0.2) is 134 Å². The fourth-order valence-corrected chi connectivity index (χ4v) is 5.25. The van der Waals surface area contributed by atoms with E-state index in [9.17, 15) is 0 Å². The topological polar surface area (TPSA) is 9.34 Å². The first-order chi connectivity index (χ1) is 16.9. The molecule has 0 unspecified atom stereocenters. The summed E-state index contributed by atoms with van der Waals surface area (Å²) in [4.78, 5) is 0. The number of nitrogens with zero attached hydrogens (tertiary/aromatic N) is 2. The lowest BCUT2D eigenvalue weighted by molar-refractivity contribution is 1.15. The van der Waals surface area contributed by atoms with Crippen molar-refractivity contribution in [3.05, 3.63) is 134 Å². The van der Waals surface area contributed by atoms with E-state index in [0.29, 0.717) is 0 Å². The predicted molar refractivity (Wildman–Crippen MR) is 143 cm³/mol. The molecular weight excluding hydrogens is 412 g/mol. The third kappa shape index (κ3) is 2.76. The smallest absolute Gasteiger partial charge is 0.0809 e. The van der Waals surface area contributed by atoms with Crippen LogP contribution in [0.2, 0.25) is 0 Å². The van der Waals surface area contributed by atoms with Crippen LogP contribution in [0.25, 0.3) is 55.4 Å².